The SMILES string of the molecule is CCN(CC)CCc1ccc(NC(=O)N(C)Cc2ccccn2)cc1. The zero-order chi connectivity index (χ0) is 18.1. The van der Waals surface area contributed by atoms with E-state index in [0.29, 0.717) is 6.54 Å². The second-order valence-electron chi connectivity index (χ2n) is 6.08. The van der Waals surface area contributed by atoms with Gasteiger partial charge >= 0.3 is 6.03 Å². The molecule has 5 nitrogen and oxygen atoms in total. The number of aromatic nitrogens is 1. The molecule has 0 saturated carbocycles. The topological polar surface area (TPSA) is 48.5 Å². The van der Waals surface area contributed by atoms with E-state index in [0.717, 1.165) is 37.4 Å². The van der Waals surface area contributed by atoms with E-state index in [1.807, 2.05) is 30.3 Å². The van der Waals surface area contributed by atoms with Crippen LogP contribution in [0.3, 0.4) is 0 Å². The highest BCUT2D eigenvalue weighted by Gasteiger charge is 2.10. The van der Waals surface area contributed by atoms with Crippen molar-refractivity contribution in [1.82, 2.24) is 14.8 Å². The van der Waals surface area contributed by atoms with E-state index in [4.69, 9.17) is 0 Å². The van der Waals surface area contributed by atoms with Gasteiger partial charge in [0.25, 0.3) is 0 Å². The minimum absolute atomic E-state index is 0.137. The smallest absolute Gasteiger partial charge is 0.321 e. The molecule has 2 aromatic rings. The number of carbonyl (C=O) groups excluding carboxylic acids is 1. The Morgan fingerprint density at radius 1 is 1.08 bits per heavy atom. The van der Waals surface area contributed by atoms with Gasteiger partial charge in [0.1, 0.15) is 0 Å². The minimum atomic E-state index is -0.137. The second kappa shape index (κ2) is 9.79. The summed E-state index contributed by atoms with van der Waals surface area (Å²) in [6.07, 6.45) is 2.76. The second-order valence-corrected chi connectivity index (χ2v) is 6.08. The molecule has 0 bridgehead atoms. The molecule has 25 heavy (non-hydrogen) atoms. The summed E-state index contributed by atoms with van der Waals surface area (Å²) < 4.78 is 0. The van der Waals surface area contributed by atoms with E-state index >= 15 is 0 Å². The molecule has 0 aliphatic rings. The largest absolute Gasteiger partial charge is 0.322 e. The van der Waals surface area contributed by atoms with Crippen LogP contribution >= 0.6 is 0 Å². The van der Waals surface area contributed by atoms with Crippen LogP contribution in [0.25, 0.3) is 0 Å². The molecule has 0 atom stereocenters. The molecule has 2 amide bonds. The average Bonchev–Trinajstić information content (AvgIpc) is 2.64. The van der Waals surface area contributed by atoms with Crippen molar-refractivity contribution in [3.05, 3.63) is 59.9 Å². The highest BCUT2D eigenvalue weighted by Crippen LogP contribution is 2.12. The molecule has 1 heterocycles. The Labute approximate surface area is 150 Å². The first-order valence-electron chi connectivity index (χ1n) is 8.85. The van der Waals surface area contributed by atoms with Crippen molar-refractivity contribution in [3.8, 4) is 0 Å². The number of nitrogens with zero attached hydrogens (tertiary/aromatic N) is 3. The van der Waals surface area contributed by atoms with Gasteiger partial charge in [0.05, 0.1) is 12.2 Å². The Kier molecular flexibility index (Phi) is 7.41. The van der Waals surface area contributed by atoms with Crippen LogP contribution in [0.4, 0.5) is 10.5 Å². The number of anilines is 1. The van der Waals surface area contributed by atoms with Crippen LogP contribution < -0.4 is 5.32 Å². The van der Waals surface area contributed by atoms with Crippen molar-refractivity contribution in [2.24, 2.45) is 0 Å². The minimum Gasteiger partial charge on any atom is -0.322 e. The molecular formula is C20H28N4O. The fourth-order valence-electron chi connectivity index (χ4n) is 2.61. The zero-order valence-corrected chi connectivity index (χ0v) is 15.4. The van der Waals surface area contributed by atoms with Crippen LogP contribution in [0.2, 0.25) is 0 Å². The molecule has 1 aromatic heterocycles. The standard InChI is InChI=1S/C20H28N4O/c1-4-24(5-2)15-13-17-9-11-18(12-10-17)22-20(25)23(3)16-19-8-6-7-14-21-19/h6-12,14H,4-5,13,15-16H2,1-3H3,(H,22,25). The number of benzene rings is 1. The molecule has 0 unspecified atom stereocenters. The molecule has 0 saturated heterocycles. The number of hydrogen-bond donors (Lipinski definition) is 1. The predicted molar refractivity (Wildman–Crippen MR) is 103 cm³/mol. The summed E-state index contributed by atoms with van der Waals surface area (Å²) in [7, 11) is 1.77. The summed E-state index contributed by atoms with van der Waals surface area (Å²) in [5.41, 5.74) is 2.96. The summed E-state index contributed by atoms with van der Waals surface area (Å²) in [5.74, 6) is 0. The van der Waals surface area contributed by atoms with Gasteiger partial charge < -0.3 is 15.1 Å². The van der Waals surface area contributed by atoms with Crippen molar-refractivity contribution in [3.63, 3.8) is 0 Å². The van der Waals surface area contributed by atoms with Crippen LogP contribution in [0, 0.1) is 0 Å². The van der Waals surface area contributed by atoms with Crippen LogP contribution in [0.1, 0.15) is 25.1 Å². The summed E-state index contributed by atoms with van der Waals surface area (Å²) in [4.78, 5) is 20.5. The number of rotatable bonds is 8. The van der Waals surface area contributed by atoms with Crippen molar-refractivity contribution < 1.29 is 4.79 Å². The number of likely N-dealkylation sites (N-methyl/N-ethyl adjacent to an activating group) is 1. The van der Waals surface area contributed by atoms with Gasteiger partial charge in [-0.3, -0.25) is 4.98 Å². The van der Waals surface area contributed by atoms with Gasteiger partial charge in [-0.05, 0) is 49.3 Å². The molecule has 2 rings (SSSR count). The third-order valence-corrected chi connectivity index (χ3v) is 4.29. The van der Waals surface area contributed by atoms with Gasteiger partial charge in [-0.1, -0.05) is 32.0 Å². The van der Waals surface area contributed by atoms with Crippen molar-refractivity contribution in [1.29, 1.82) is 0 Å². The van der Waals surface area contributed by atoms with Gasteiger partial charge in [-0.15, -0.1) is 0 Å². The van der Waals surface area contributed by atoms with Gasteiger partial charge in [-0.2, -0.15) is 0 Å². The Hall–Kier alpha value is -2.40. The maximum atomic E-state index is 12.3. The first kappa shape index (κ1) is 18.9. The molecule has 1 N–H and O–H groups in total. The molecule has 0 aliphatic carbocycles. The Morgan fingerprint density at radius 3 is 2.40 bits per heavy atom. The lowest BCUT2D eigenvalue weighted by Crippen LogP contribution is -2.31. The molecular weight excluding hydrogens is 312 g/mol. The van der Waals surface area contributed by atoms with E-state index in [1.54, 1.807) is 18.1 Å². The first-order valence-corrected chi connectivity index (χ1v) is 8.85. The monoisotopic (exact) mass is 340 g/mol. The zero-order valence-electron chi connectivity index (χ0n) is 15.4. The average molecular weight is 340 g/mol. The molecule has 0 aliphatic heterocycles. The van der Waals surface area contributed by atoms with Gasteiger partial charge in [-0.25, -0.2) is 4.79 Å². The lowest BCUT2D eigenvalue weighted by Gasteiger charge is -2.18. The highest BCUT2D eigenvalue weighted by molar-refractivity contribution is 5.89. The summed E-state index contributed by atoms with van der Waals surface area (Å²) in [6.45, 7) is 8.06. The van der Waals surface area contributed by atoms with Crippen molar-refractivity contribution in [2.45, 2.75) is 26.8 Å². The maximum Gasteiger partial charge on any atom is 0.321 e. The lowest BCUT2D eigenvalue weighted by molar-refractivity contribution is 0.220. The van der Waals surface area contributed by atoms with E-state index < -0.39 is 0 Å². The third-order valence-electron chi connectivity index (χ3n) is 4.29. The third kappa shape index (κ3) is 6.19. The number of pyridine rings is 1. The van der Waals surface area contributed by atoms with Crippen molar-refractivity contribution >= 4 is 11.7 Å². The maximum absolute atomic E-state index is 12.3. The fraction of sp³-hybridized carbons (Fsp3) is 0.400. The molecule has 0 fully saturated rings. The fourth-order valence-corrected chi connectivity index (χ4v) is 2.61. The summed E-state index contributed by atoms with van der Waals surface area (Å²) in [6, 6.07) is 13.6. The van der Waals surface area contributed by atoms with E-state index in [-0.39, 0.29) is 6.03 Å². The quantitative estimate of drug-likeness (QED) is 0.798. The normalized spacial score (nSPS) is 10.7. The number of hydrogen-bond acceptors (Lipinski definition) is 3. The first-order chi connectivity index (χ1) is 12.1. The summed E-state index contributed by atoms with van der Waals surface area (Å²) >= 11 is 0. The van der Waals surface area contributed by atoms with E-state index in [1.165, 1.54) is 5.56 Å². The Morgan fingerprint density at radius 2 is 1.80 bits per heavy atom. The number of nitrogens with one attached hydrogen (secondary N) is 1. The molecule has 134 valence electrons. The predicted octanol–water partition coefficient (Wildman–Crippen LogP) is 3.63. The van der Waals surface area contributed by atoms with Crippen LogP contribution in [0.5, 0.6) is 0 Å². The van der Waals surface area contributed by atoms with Gasteiger partial charge in [0.2, 0.25) is 0 Å². The molecule has 0 spiro atoms. The van der Waals surface area contributed by atoms with Crippen molar-refractivity contribution in [2.75, 3.05) is 32.0 Å². The Bertz CT molecular complexity index is 639. The van der Waals surface area contributed by atoms with Crippen LogP contribution in [-0.4, -0.2) is 47.5 Å². The van der Waals surface area contributed by atoms with E-state index in [9.17, 15) is 4.79 Å². The van der Waals surface area contributed by atoms with Crippen LogP contribution in [0.15, 0.2) is 48.7 Å². The van der Waals surface area contributed by atoms with E-state index in [2.05, 4.69) is 41.2 Å². The molecule has 5 heteroatoms. The van der Waals surface area contributed by atoms with Crippen LogP contribution in [-0.2, 0) is 13.0 Å². The number of amides is 2. The highest BCUT2D eigenvalue weighted by atomic mass is 16.2. The summed E-state index contributed by atoms with van der Waals surface area (Å²) in [5, 5.41) is 2.93. The molecule has 0 radical (unpaired) electrons. The van der Waals surface area contributed by atoms with Gasteiger partial charge in [0.15, 0.2) is 0 Å². The lowest BCUT2D eigenvalue weighted by atomic mass is 10.1. The van der Waals surface area contributed by atoms with Gasteiger partial charge in [0, 0.05) is 25.5 Å². The Balaban J connectivity index is 1.84. The number of urea groups is 1. The molecule has 1 aromatic carbocycles. The number of carbonyl (C=O) groups is 1.